The Bertz CT molecular complexity index is 368. The molecule has 1 aromatic rings. The number of rotatable bonds is 5. The molecule has 1 saturated carbocycles. The quantitative estimate of drug-likeness (QED) is 0.904. The first-order valence-electron chi connectivity index (χ1n) is 6.23. The van der Waals surface area contributed by atoms with Crippen LogP contribution in [0.5, 0.6) is 0 Å². The molecule has 0 unspecified atom stereocenters. The Kier molecular flexibility index (Phi) is 4.75. The summed E-state index contributed by atoms with van der Waals surface area (Å²) >= 11 is 3.39. The lowest BCUT2D eigenvalue weighted by atomic mass is 10.1. The lowest BCUT2D eigenvalue weighted by molar-refractivity contribution is -0.117. The maximum Gasteiger partial charge on any atom is 0.150 e. The van der Waals surface area contributed by atoms with Crippen molar-refractivity contribution in [3.8, 4) is 0 Å². The Morgan fingerprint density at radius 2 is 1.88 bits per heavy atom. The summed E-state index contributed by atoms with van der Waals surface area (Å²) in [6, 6.07) is 8.53. The van der Waals surface area contributed by atoms with E-state index in [-0.39, 0.29) is 5.78 Å². The number of halogens is 1. The summed E-state index contributed by atoms with van der Waals surface area (Å²) in [6.07, 6.45) is 5.60. The van der Waals surface area contributed by atoms with E-state index in [1.54, 1.807) is 0 Å². The number of carbonyl (C=O) groups excluding carboxylic acids is 1. The van der Waals surface area contributed by atoms with Crippen molar-refractivity contribution in [1.29, 1.82) is 0 Å². The molecule has 3 heteroatoms. The molecule has 0 saturated heterocycles. The summed E-state index contributed by atoms with van der Waals surface area (Å²) in [5, 5.41) is 3.35. The van der Waals surface area contributed by atoms with Crippen LogP contribution in [-0.2, 0) is 11.2 Å². The van der Waals surface area contributed by atoms with Gasteiger partial charge in [-0.15, -0.1) is 0 Å². The van der Waals surface area contributed by atoms with Crippen LogP contribution in [0.4, 0.5) is 0 Å². The van der Waals surface area contributed by atoms with Crippen molar-refractivity contribution in [2.45, 2.75) is 38.1 Å². The van der Waals surface area contributed by atoms with Gasteiger partial charge in [0, 0.05) is 16.9 Å². The highest BCUT2D eigenvalue weighted by Gasteiger charge is 2.15. The van der Waals surface area contributed by atoms with Gasteiger partial charge in [-0.2, -0.15) is 0 Å². The fraction of sp³-hybridized carbons (Fsp3) is 0.500. The van der Waals surface area contributed by atoms with E-state index in [0.717, 1.165) is 10.0 Å². The Morgan fingerprint density at radius 1 is 1.24 bits per heavy atom. The van der Waals surface area contributed by atoms with E-state index in [1.165, 1.54) is 25.7 Å². The molecule has 92 valence electrons. The van der Waals surface area contributed by atoms with Crippen LogP contribution in [0.25, 0.3) is 0 Å². The first kappa shape index (κ1) is 12.8. The number of benzene rings is 1. The molecular weight excluding hydrogens is 278 g/mol. The molecule has 0 aromatic heterocycles. The Balaban J connectivity index is 1.74. The van der Waals surface area contributed by atoms with Crippen molar-refractivity contribution in [3.63, 3.8) is 0 Å². The lowest BCUT2D eigenvalue weighted by Gasteiger charge is -2.10. The van der Waals surface area contributed by atoms with E-state index in [9.17, 15) is 4.79 Å². The molecule has 1 N–H and O–H groups in total. The van der Waals surface area contributed by atoms with Gasteiger partial charge in [-0.1, -0.05) is 40.9 Å². The minimum Gasteiger partial charge on any atom is -0.307 e. The van der Waals surface area contributed by atoms with Crippen LogP contribution in [-0.4, -0.2) is 18.4 Å². The summed E-state index contributed by atoms with van der Waals surface area (Å²) < 4.78 is 1.05. The van der Waals surface area contributed by atoms with Crippen LogP contribution in [0.15, 0.2) is 28.7 Å². The maximum atomic E-state index is 11.8. The van der Waals surface area contributed by atoms with Gasteiger partial charge in [0.2, 0.25) is 0 Å². The summed E-state index contributed by atoms with van der Waals surface area (Å²) in [5.41, 5.74) is 1.09. The van der Waals surface area contributed by atoms with Crippen molar-refractivity contribution in [2.24, 2.45) is 0 Å². The Morgan fingerprint density at radius 3 is 2.53 bits per heavy atom. The van der Waals surface area contributed by atoms with Crippen LogP contribution < -0.4 is 5.32 Å². The van der Waals surface area contributed by atoms with Crippen LogP contribution in [0.3, 0.4) is 0 Å². The van der Waals surface area contributed by atoms with Crippen LogP contribution in [0.2, 0.25) is 0 Å². The minimum absolute atomic E-state index is 0.277. The normalized spacial score (nSPS) is 16.3. The van der Waals surface area contributed by atoms with Gasteiger partial charge in [0.25, 0.3) is 0 Å². The monoisotopic (exact) mass is 295 g/mol. The van der Waals surface area contributed by atoms with Crippen LogP contribution >= 0.6 is 15.9 Å². The van der Waals surface area contributed by atoms with Crippen molar-refractivity contribution < 1.29 is 4.79 Å². The topological polar surface area (TPSA) is 29.1 Å². The SMILES string of the molecule is O=C(CNC1CCCC1)Cc1ccc(Br)cc1. The van der Waals surface area contributed by atoms with Gasteiger partial charge in [-0.3, -0.25) is 4.79 Å². The molecule has 2 nitrogen and oxygen atoms in total. The van der Waals surface area contributed by atoms with Gasteiger partial charge in [0.05, 0.1) is 6.54 Å². The molecule has 2 rings (SSSR count). The summed E-state index contributed by atoms with van der Waals surface area (Å²) in [6.45, 7) is 0.515. The predicted octanol–water partition coefficient (Wildman–Crippen LogP) is 3.09. The smallest absolute Gasteiger partial charge is 0.150 e. The number of nitrogens with one attached hydrogen (secondary N) is 1. The Hall–Kier alpha value is -0.670. The Labute approximate surface area is 111 Å². The van der Waals surface area contributed by atoms with Crippen LogP contribution in [0.1, 0.15) is 31.2 Å². The minimum atomic E-state index is 0.277. The van der Waals surface area contributed by atoms with Crippen LogP contribution in [0, 0.1) is 0 Å². The van der Waals surface area contributed by atoms with E-state index in [4.69, 9.17) is 0 Å². The number of ketones is 1. The second-order valence-corrected chi connectivity index (χ2v) is 5.62. The molecule has 0 spiro atoms. The van der Waals surface area contributed by atoms with Crippen molar-refractivity contribution in [2.75, 3.05) is 6.54 Å². The highest BCUT2D eigenvalue weighted by molar-refractivity contribution is 9.10. The van der Waals surface area contributed by atoms with Crippen molar-refractivity contribution in [1.82, 2.24) is 5.32 Å². The molecule has 1 fully saturated rings. The third-order valence-corrected chi connectivity index (χ3v) is 3.79. The molecule has 0 atom stereocenters. The zero-order valence-corrected chi connectivity index (χ0v) is 11.5. The van der Waals surface area contributed by atoms with E-state index in [2.05, 4.69) is 21.2 Å². The first-order valence-corrected chi connectivity index (χ1v) is 7.03. The summed E-state index contributed by atoms with van der Waals surface area (Å²) in [4.78, 5) is 11.8. The largest absolute Gasteiger partial charge is 0.307 e. The van der Waals surface area contributed by atoms with E-state index in [0.29, 0.717) is 19.0 Å². The zero-order chi connectivity index (χ0) is 12.1. The van der Waals surface area contributed by atoms with Gasteiger partial charge in [0.1, 0.15) is 0 Å². The predicted molar refractivity (Wildman–Crippen MR) is 73.1 cm³/mol. The second kappa shape index (κ2) is 6.31. The molecule has 0 amide bonds. The van der Waals surface area contributed by atoms with Gasteiger partial charge in [-0.25, -0.2) is 0 Å². The number of hydrogen-bond acceptors (Lipinski definition) is 2. The number of Topliss-reactive ketones (excluding diaryl/α,β-unsaturated/α-hetero) is 1. The first-order chi connectivity index (χ1) is 8.24. The molecule has 0 bridgehead atoms. The third kappa shape index (κ3) is 4.25. The lowest BCUT2D eigenvalue weighted by Crippen LogP contribution is -2.32. The van der Waals surface area contributed by atoms with Crippen molar-refractivity contribution in [3.05, 3.63) is 34.3 Å². The molecule has 0 aliphatic heterocycles. The molecule has 0 radical (unpaired) electrons. The average Bonchev–Trinajstić information content (AvgIpc) is 2.83. The third-order valence-electron chi connectivity index (χ3n) is 3.26. The summed E-state index contributed by atoms with van der Waals surface area (Å²) in [7, 11) is 0. The molecule has 17 heavy (non-hydrogen) atoms. The maximum absolute atomic E-state index is 11.8. The number of carbonyl (C=O) groups is 1. The highest BCUT2D eigenvalue weighted by atomic mass is 79.9. The zero-order valence-electron chi connectivity index (χ0n) is 9.92. The second-order valence-electron chi connectivity index (χ2n) is 4.70. The molecule has 1 aliphatic carbocycles. The highest BCUT2D eigenvalue weighted by Crippen LogP contribution is 2.17. The fourth-order valence-corrected chi connectivity index (χ4v) is 2.54. The van der Waals surface area contributed by atoms with Gasteiger partial charge >= 0.3 is 0 Å². The van der Waals surface area contributed by atoms with Gasteiger partial charge in [0.15, 0.2) is 5.78 Å². The van der Waals surface area contributed by atoms with E-state index >= 15 is 0 Å². The fourth-order valence-electron chi connectivity index (χ4n) is 2.28. The number of hydrogen-bond donors (Lipinski definition) is 1. The average molecular weight is 296 g/mol. The standard InChI is InChI=1S/C14H18BrNO/c15-12-7-5-11(6-8-12)9-14(17)10-16-13-3-1-2-4-13/h5-8,13,16H,1-4,9-10H2. The van der Waals surface area contributed by atoms with Crippen molar-refractivity contribution >= 4 is 21.7 Å². The summed E-state index contributed by atoms with van der Waals surface area (Å²) in [5.74, 6) is 0.277. The molecule has 0 heterocycles. The van der Waals surface area contributed by atoms with Gasteiger partial charge < -0.3 is 5.32 Å². The van der Waals surface area contributed by atoms with E-state index in [1.807, 2.05) is 24.3 Å². The molecule has 1 aliphatic rings. The molecule has 1 aromatic carbocycles. The molecular formula is C14H18BrNO. The van der Waals surface area contributed by atoms with Gasteiger partial charge in [-0.05, 0) is 30.5 Å². The van der Waals surface area contributed by atoms with E-state index < -0.39 is 0 Å².